The van der Waals surface area contributed by atoms with Crippen LogP contribution in [0.5, 0.6) is 0 Å². The quantitative estimate of drug-likeness (QED) is 0.510. The van der Waals surface area contributed by atoms with E-state index in [0.29, 0.717) is 12.5 Å². The summed E-state index contributed by atoms with van der Waals surface area (Å²) in [5.74, 6) is -0.786. The number of amides is 1. The first-order chi connectivity index (χ1) is 9.87. The van der Waals surface area contributed by atoms with Crippen LogP contribution in [0, 0.1) is 5.82 Å². The van der Waals surface area contributed by atoms with E-state index < -0.39 is 15.8 Å². The molecule has 0 heterocycles. The number of nitrogens with two attached hydrogens (primary N) is 1. The lowest BCUT2D eigenvalue weighted by atomic mass is 10.3. The molecule has 1 aromatic rings. The average Bonchev–Trinajstić information content (AvgIpc) is 3.17. The molecule has 0 aliphatic heterocycles. The first kappa shape index (κ1) is 15.7. The van der Waals surface area contributed by atoms with Gasteiger partial charge in [-0.1, -0.05) is 0 Å². The molecule has 6 nitrogen and oxygen atoms in total. The van der Waals surface area contributed by atoms with Crippen molar-refractivity contribution in [3.63, 3.8) is 0 Å². The number of rotatable bonds is 7. The zero-order valence-electron chi connectivity index (χ0n) is 11.4. The number of benzene rings is 1. The number of anilines is 1. The molecule has 1 saturated carbocycles. The first-order valence-corrected chi connectivity index (χ1v) is 8.20. The van der Waals surface area contributed by atoms with E-state index in [2.05, 4.69) is 10.0 Å². The molecule has 0 radical (unpaired) electrons. The van der Waals surface area contributed by atoms with E-state index in [1.165, 1.54) is 6.07 Å². The molecule has 1 aromatic carbocycles. The van der Waals surface area contributed by atoms with Crippen LogP contribution in [0.15, 0.2) is 23.1 Å². The summed E-state index contributed by atoms with van der Waals surface area (Å²) in [6.45, 7) is 0.108. The van der Waals surface area contributed by atoms with Crippen molar-refractivity contribution in [2.45, 2.75) is 36.6 Å². The number of sulfonamides is 1. The summed E-state index contributed by atoms with van der Waals surface area (Å²) in [5, 5.41) is 2.82. The van der Waals surface area contributed by atoms with Gasteiger partial charge in [0, 0.05) is 24.7 Å². The van der Waals surface area contributed by atoms with Crippen LogP contribution >= 0.6 is 0 Å². The van der Waals surface area contributed by atoms with E-state index in [0.717, 1.165) is 25.0 Å². The molecule has 116 valence electrons. The molecule has 4 N–H and O–H groups in total. The molecule has 0 spiro atoms. The molecule has 8 heteroatoms. The fourth-order valence-corrected chi connectivity index (χ4v) is 2.94. The van der Waals surface area contributed by atoms with Crippen molar-refractivity contribution in [1.82, 2.24) is 10.0 Å². The Bertz CT molecular complexity index is 609. The van der Waals surface area contributed by atoms with Gasteiger partial charge in [-0.25, -0.2) is 17.5 Å². The molecule has 1 fully saturated rings. The minimum absolute atomic E-state index is 0.0409. The van der Waals surface area contributed by atoms with Gasteiger partial charge in [0.25, 0.3) is 0 Å². The lowest BCUT2D eigenvalue weighted by molar-refractivity contribution is -0.121. The van der Waals surface area contributed by atoms with Gasteiger partial charge < -0.3 is 11.1 Å². The minimum Gasteiger partial charge on any atom is -0.399 e. The van der Waals surface area contributed by atoms with Crippen LogP contribution in [-0.2, 0) is 14.8 Å². The van der Waals surface area contributed by atoms with Gasteiger partial charge >= 0.3 is 0 Å². The Kier molecular flexibility index (Phi) is 4.79. The standard InChI is InChI=1S/C13H18FN3O3S/c14-9-6-10(15)8-12(7-9)21(19,20)16-5-1-2-13(18)17-11-3-4-11/h6-8,11,16H,1-5,15H2,(H,17,18). The van der Waals surface area contributed by atoms with E-state index in [9.17, 15) is 17.6 Å². The van der Waals surface area contributed by atoms with Gasteiger partial charge in [-0.05, 0) is 37.5 Å². The molecule has 0 aromatic heterocycles. The van der Waals surface area contributed by atoms with Gasteiger partial charge in [0.1, 0.15) is 5.82 Å². The van der Waals surface area contributed by atoms with Gasteiger partial charge in [0.05, 0.1) is 4.90 Å². The Morgan fingerprint density at radius 2 is 2.05 bits per heavy atom. The number of carbonyl (C=O) groups excluding carboxylic acids is 1. The number of nitrogen functional groups attached to an aromatic ring is 1. The third-order valence-electron chi connectivity index (χ3n) is 3.02. The van der Waals surface area contributed by atoms with Gasteiger partial charge in [-0.15, -0.1) is 0 Å². The number of carbonyl (C=O) groups is 1. The highest BCUT2D eigenvalue weighted by Crippen LogP contribution is 2.18. The van der Waals surface area contributed by atoms with E-state index in [4.69, 9.17) is 5.73 Å². The maximum atomic E-state index is 13.2. The number of hydrogen-bond acceptors (Lipinski definition) is 4. The number of nitrogens with one attached hydrogen (secondary N) is 2. The lowest BCUT2D eigenvalue weighted by Crippen LogP contribution is -2.28. The van der Waals surface area contributed by atoms with Crippen molar-refractivity contribution in [2.75, 3.05) is 12.3 Å². The van der Waals surface area contributed by atoms with Crippen LogP contribution in [0.3, 0.4) is 0 Å². The highest BCUT2D eigenvalue weighted by molar-refractivity contribution is 7.89. The normalized spacial score (nSPS) is 14.9. The number of halogens is 1. The Morgan fingerprint density at radius 3 is 2.67 bits per heavy atom. The minimum atomic E-state index is -3.82. The van der Waals surface area contributed by atoms with Crippen LogP contribution in [0.25, 0.3) is 0 Å². The smallest absolute Gasteiger partial charge is 0.240 e. The van der Waals surface area contributed by atoms with Crippen molar-refractivity contribution in [3.8, 4) is 0 Å². The third-order valence-corrected chi connectivity index (χ3v) is 4.46. The van der Waals surface area contributed by atoms with Crippen LogP contribution < -0.4 is 15.8 Å². The second-order valence-corrected chi connectivity index (χ2v) is 6.83. The number of hydrogen-bond donors (Lipinski definition) is 3. The summed E-state index contributed by atoms with van der Waals surface area (Å²) < 4.78 is 39.3. The fraction of sp³-hybridized carbons (Fsp3) is 0.462. The molecule has 0 saturated heterocycles. The molecule has 1 amide bonds. The van der Waals surface area contributed by atoms with Crippen LogP contribution in [-0.4, -0.2) is 26.9 Å². The Balaban J connectivity index is 1.81. The van der Waals surface area contributed by atoms with Crippen LogP contribution in [0.2, 0.25) is 0 Å². The molecular formula is C13H18FN3O3S. The maximum absolute atomic E-state index is 13.2. The molecule has 2 rings (SSSR count). The van der Waals surface area contributed by atoms with Gasteiger partial charge in [-0.3, -0.25) is 4.79 Å². The third kappa shape index (κ3) is 4.98. The van der Waals surface area contributed by atoms with E-state index in [1.807, 2.05) is 0 Å². The second-order valence-electron chi connectivity index (χ2n) is 5.06. The van der Waals surface area contributed by atoms with Crippen molar-refractivity contribution in [1.29, 1.82) is 0 Å². The van der Waals surface area contributed by atoms with Crippen molar-refractivity contribution in [3.05, 3.63) is 24.0 Å². The highest BCUT2D eigenvalue weighted by Gasteiger charge is 2.23. The summed E-state index contributed by atoms with van der Waals surface area (Å²) in [6.07, 6.45) is 2.66. The van der Waals surface area contributed by atoms with Crippen molar-refractivity contribution in [2.24, 2.45) is 0 Å². The summed E-state index contributed by atoms with van der Waals surface area (Å²) in [5.41, 5.74) is 5.46. The lowest BCUT2D eigenvalue weighted by Gasteiger charge is -2.08. The largest absolute Gasteiger partial charge is 0.399 e. The summed E-state index contributed by atoms with van der Waals surface area (Å²) in [6, 6.07) is 3.43. The zero-order chi connectivity index (χ0) is 15.5. The Labute approximate surface area is 123 Å². The van der Waals surface area contributed by atoms with Gasteiger partial charge in [0.2, 0.25) is 15.9 Å². The molecule has 0 unspecified atom stereocenters. The summed E-state index contributed by atoms with van der Waals surface area (Å²) >= 11 is 0. The predicted molar refractivity (Wildman–Crippen MR) is 76.4 cm³/mol. The van der Waals surface area contributed by atoms with E-state index in [-0.39, 0.29) is 29.5 Å². The van der Waals surface area contributed by atoms with Gasteiger partial charge in [-0.2, -0.15) is 0 Å². The first-order valence-electron chi connectivity index (χ1n) is 6.72. The average molecular weight is 315 g/mol. The molecule has 1 aliphatic rings. The Hall–Kier alpha value is -1.67. The van der Waals surface area contributed by atoms with E-state index in [1.54, 1.807) is 0 Å². The molecular weight excluding hydrogens is 297 g/mol. The monoisotopic (exact) mass is 315 g/mol. The topological polar surface area (TPSA) is 101 Å². The van der Waals surface area contributed by atoms with Crippen LogP contribution in [0.1, 0.15) is 25.7 Å². The zero-order valence-corrected chi connectivity index (χ0v) is 12.2. The van der Waals surface area contributed by atoms with Crippen molar-refractivity contribution >= 4 is 21.6 Å². The molecule has 0 bridgehead atoms. The fourth-order valence-electron chi connectivity index (χ4n) is 1.81. The van der Waals surface area contributed by atoms with E-state index >= 15 is 0 Å². The van der Waals surface area contributed by atoms with Crippen LogP contribution in [0.4, 0.5) is 10.1 Å². The van der Waals surface area contributed by atoms with Crippen molar-refractivity contribution < 1.29 is 17.6 Å². The maximum Gasteiger partial charge on any atom is 0.240 e. The predicted octanol–water partition coefficient (Wildman–Crippen LogP) is 0.745. The molecule has 1 aliphatic carbocycles. The van der Waals surface area contributed by atoms with Gasteiger partial charge in [0.15, 0.2) is 0 Å². The SMILES string of the molecule is Nc1cc(F)cc(S(=O)(=O)NCCCC(=O)NC2CC2)c1. The molecule has 0 atom stereocenters. The summed E-state index contributed by atoms with van der Waals surface area (Å²) in [7, 11) is -3.82. The Morgan fingerprint density at radius 1 is 1.33 bits per heavy atom. The highest BCUT2D eigenvalue weighted by atomic mass is 32.2. The summed E-state index contributed by atoms with van der Waals surface area (Å²) in [4.78, 5) is 11.2. The molecule has 21 heavy (non-hydrogen) atoms. The second kappa shape index (κ2) is 6.40.